The number of carbonyl (C=O) groups excluding carboxylic acids is 2. The number of carbonyl (C=O) groups is 2. The third kappa shape index (κ3) is 5.49. The Morgan fingerprint density at radius 2 is 1.72 bits per heavy atom. The van der Waals surface area contributed by atoms with E-state index in [4.69, 9.17) is 0 Å². The molecule has 0 aromatic rings. The van der Waals surface area contributed by atoms with Gasteiger partial charge >= 0.3 is 0 Å². The molecule has 8 atom stereocenters. The molecule has 6 heteroatoms. The topological polar surface area (TPSA) is 82.3 Å². The maximum absolute atomic E-state index is 13.0. The lowest BCUT2D eigenvalue weighted by Gasteiger charge is -2.39. The van der Waals surface area contributed by atoms with Crippen LogP contribution in [-0.2, 0) is 9.59 Å². The molecule has 0 spiro atoms. The highest BCUT2D eigenvalue weighted by molar-refractivity contribution is 5.82. The number of hydrogen-bond acceptors (Lipinski definition) is 4. The molecule has 0 aromatic heterocycles. The molecule has 6 nitrogen and oxygen atoms in total. The van der Waals surface area contributed by atoms with Crippen molar-refractivity contribution in [2.24, 2.45) is 35.5 Å². The summed E-state index contributed by atoms with van der Waals surface area (Å²) in [6.45, 7) is 4.16. The summed E-state index contributed by atoms with van der Waals surface area (Å²) in [5, 5.41) is 13.7. The van der Waals surface area contributed by atoms with Gasteiger partial charge in [-0.25, -0.2) is 0 Å². The van der Waals surface area contributed by atoms with E-state index in [-0.39, 0.29) is 17.7 Å². The summed E-state index contributed by atoms with van der Waals surface area (Å²) in [5.74, 6) is 3.61. The van der Waals surface area contributed by atoms with Crippen LogP contribution in [0, 0.1) is 35.5 Å². The minimum Gasteiger partial charge on any atom is -0.354 e. The summed E-state index contributed by atoms with van der Waals surface area (Å²) in [7, 11) is 0. The smallest absolute Gasteiger partial charge is 0.223 e. The summed E-state index contributed by atoms with van der Waals surface area (Å²) in [6, 6.07) is 0.838. The first-order chi connectivity index (χ1) is 15.7. The highest BCUT2D eigenvalue weighted by atomic mass is 16.2. The van der Waals surface area contributed by atoms with Gasteiger partial charge in [-0.05, 0) is 101 Å². The highest BCUT2D eigenvalue weighted by Crippen LogP contribution is 2.50. The van der Waals surface area contributed by atoms with E-state index in [1.54, 1.807) is 0 Å². The number of piperidine rings is 2. The molecular weight excluding hydrogens is 400 g/mol. The van der Waals surface area contributed by atoms with Gasteiger partial charge in [-0.1, -0.05) is 19.3 Å². The van der Waals surface area contributed by atoms with E-state index in [9.17, 15) is 9.59 Å². The van der Waals surface area contributed by atoms with Crippen LogP contribution >= 0.6 is 0 Å². The summed E-state index contributed by atoms with van der Waals surface area (Å²) in [4.78, 5) is 25.8. The number of rotatable bonds is 6. The van der Waals surface area contributed by atoms with Gasteiger partial charge < -0.3 is 21.3 Å². The van der Waals surface area contributed by atoms with Crippen molar-refractivity contribution in [3.63, 3.8) is 0 Å². The lowest BCUT2D eigenvalue weighted by Crippen LogP contribution is -2.46. The van der Waals surface area contributed by atoms with Crippen molar-refractivity contribution in [2.45, 2.75) is 89.1 Å². The maximum atomic E-state index is 13.0. The monoisotopic (exact) mass is 444 g/mol. The van der Waals surface area contributed by atoms with Gasteiger partial charge in [0.1, 0.15) is 0 Å². The molecule has 3 aliphatic carbocycles. The van der Waals surface area contributed by atoms with Crippen LogP contribution < -0.4 is 21.3 Å². The fourth-order valence-corrected chi connectivity index (χ4v) is 7.32. The first kappa shape index (κ1) is 22.6. The fourth-order valence-electron chi connectivity index (χ4n) is 7.32. The normalized spacial score (nSPS) is 41.9. The molecule has 4 N–H and O–H groups in total. The van der Waals surface area contributed by atoms with Gasteiger partial charge in [0, 0.05) is 30.5 Å². The Labute approximate surface area is 193 Å². The molecule has 0 radical (unpaired) electrons. The zero-order chi connectivity index (χ0) is 21.9. The largest absolute Gasteiger partial charge is 0.354 e. The Morgan fingerprint density at radius 1 is 0.781 bits per heavy atom. The van der Waals surface area contributed by atoms with Crippen LogP contribution in [-0.4, -0.2) is 50.1 Å². The zero-order valence-corrected chi connectivity index (χ0v) is 19.7. The lowest BCUT2D eigenvalue weighted by molar-refractivity contribution is -0.126. The van der Waals surface area contributed by atoms with Crippen molar-refractivity contribution < 1.29 is 9.59 Å². The molecule has 2 saturated heterocycles. The van der Waals surface area contributed by atoms with Gasteiger partial charge in [0.05, 0.1) is 0 Å². The first-order valence-electron chi connectivity index (χ1n) is 13.7. The van der Waals surface area contributed by atoms with Crippen molar-refractivity contribution in [3.05, 3.63) is 0 Å². The van der Waals surface area contributed by atoms with E-state index in [1.807, 2.05) is 0 Å². The molecule has 5 rings (SSSR count). The minimum atomic E-state index is 0.150. The second kappa shape index (κ2) is 10.4. The van der Waals surface area contributed by atoms with Crippen LogP contribution in [0.15, 0.2) is 0 Å². The average Bonchev–Trinajstić information content (AvgIpc) is 3.65. The van der Waals surface area contributed by atoms with Crippen LogP contribution in [0.4, 0.5) is 0 Å². The van der Waals surface area contributed by atoms with Crippen LogP contribution in [0.2, 0.25) is 0 Å². The Hall–Kier alpha value is -1.14. The Kier molecular flexibility index (Phi) is 7.37. The van der Waals surface area contributed by atoms with Crippen LogP contribution in [0.25, 0.3) is 0 Å². The van der Waals surface area contributed by atoms with Crippen LogP contribution in [0.3, 0.4) is 0 Å². The quantitative estimate of drug-likeness (QED) is 0.508. The van der Waals surface area contributed by atoms with Gasteiger partial charge in [0.15, 0.2) is 0 Å². The molecule has 0 bridgehead atoms. The summed E-state index contributed by atoms with van der Waals surface area (Å²) in [5.41, 5.74) is 0. The number of amides is 2. The van der Waals surface area contributed by atoms with E-state index >= 15 is 0 Å². The van der Waals surface area contributed by atoms with Gasteiger partial charge in [0.25, 0.3) is 0 Å². The van der Waals surface area contributed by atoms with Gasteiger partial charge in [0.2, 0.25) is 11.8 Å². The molecule has 5 aliphatic rings. The third-order valence-corrected chi connectivity index (χ3v) is 9.39. The molecule has 180 valence electrons. The van der Waals surface area contributed by atoms with Gasteiger partial charge in [-0.15, -0.1) is 0 Å². The van der Waals surface area contributed by atoms with E-state index in [1.165, 1.54) is 51.5 Å². The number of hydrogen-bond donors (Lipinski definition) is 4. The molecule has 0 aromatic carbocycles. The first-order valence-corrected chi connectivity index (χ1v) is 13.7. The van der Waals surface area contributed by atoms with E-state index in [0.29, 0.717) is 29.8 Å². The standard InChI is InChI=1S/C26H44N4O2/c31-25(29-16-22-6-1-2-10-28-22)19-5-3-4-18(12-19)23-14-24(23)26(32)30-21-8-7-20-15-27-11-9-17(20)13-21/h17-24,27-28H,1-16H2,(H,29,31)(H,30,32). The Bertz CT molecular complexity index is 664. The lowest BCUT2D eigenvalue weighted by atomic mass is 9.73. The van der Waals surface area contributed by atoms with Gasteiger partial charge in [-0.2, -0.15) is 0 Å². The fraction of sp³-hybridized carbons (Fsp3) is 0.923. The number of nitrogens with one attached hydrogen (secondary N) is 4. The van der Waals surface area contributed by atoms with E-state index in [0.717, 1.165) is 63.6 Å². The van der Waals surface area contributed by atoms with Crippen molar-refractivity contribution in [1.29, 1.82) is 0 Å². The van der Waals surface area contributed by atoms with Crippen LogP contribution in [0.5, 0.6) is 0 Å². The highest BCUT2D eigenvalue weighted by Gasteiger charge is 2.49. The van der Waals surface area contributed by atoms with E-state index < -0.39 is 0 Å². The SMILES string of the molecule is O=C(NCC1CCCCN1)C1CCCC(C2CC2C(=O)NC2CCC3CNCCC3C2)C1. The molecule has 2 heterocycles. The third-order valence-electron chi connectivity index (χ3n) is 9.39. The summed E-state index contributed by atoms with van der Waals surface area (Å²) < 4.78 is 0. The minimum absolute atomic E-state index is 0.150. The molecule has 32 heavy (non-hydrogen) atoms. The summed E-state index contributed by atoms with van der Waals surface area (Å²) in [6.07, 6.45) is 13.9. The molecule has 8 unspecified atom stereocenters. The molecule has 3 saturated carbocycles. The Balaban J connectivity index is 1.04. The van der Waals surface area contributed by atoms with Gasteiger partial charge in [-0.3, -0.25) is 9.59 Å². The van der Waals surface area contributed by atoms with Crippen molar-refractivity contribution in [3.8, 4) is 0 Å². The molecule has 2 aliphatic heterocycles. The average molecular weight is 445 g/mol. The number of fused-ring (bicyclic) bond motifs is 1. The molecule has 2 amide bonds. The van der Waals surface area contributed by atoms with Crippen LogP contribution in [0.1, 0.15) is 77.0 Å². The Morgan fingerprint density at radius 3 is 2.59 bits per heavy atom. The maximum Gasteiger partial charge on any atom is 0.223 e. The molecular formula is C26H44N4O2. The van der Waals surface area contributed by atoms with Crippen molar-refractivity contribution in [1.82, 2.24) is 21.3 Å². The zero-order valence-electron chi connectivity index (χ0n) is 19.7. The predicted octanol–water partition coefficient (Wildman–Crippen LogP) is 2.58. The predicted molar refractivity (Wildman–Crippen MR) is 126 cm³/mol. The van der Waals surface area contributed by atoms with Crippen molar-refractivity contribution >= 4 is 11.8 Å². The summed E-state index contributed by atoms with van der Waals surface area (Å²) >= 11 is 0. The second-order valence-corrected chi connectivity index (χ2v) is 11.6. The van der Waals surface area contributed by atoms with Crippen molar-refractivity contribution in [2.75, 3.05) is 26.2 Å². The molecule has 5 fully saturated rings. The van der Waals surface area contributed by atoms with E-state index in [2.05, 4.69) is 21.3 Å². The second-order valence-electron chi connectivity index (χ2n) is 11.6.